The van der Waals surface area contributed by atoms with Crippen LogP contribution in [0.15, 0.2) is 24.5 Å². The van der Waals surface area contributed by atoms with E-state index in [-0.39, 0.29) is 36.4 Å². The van der Waals surface area contributed by atoms with E-state index in [2.05, 4.69) is 0 Å². The Hall–Kier alpha value is -0.850. The number of carbonyl (C=O) groups excluding carboxylic acids is 1. The predicted octanol–water partition coefficient (Wildman–Crippen LogP) is 0.476. The summed E-state index contributed by atoms with van der Waals surface area (Å²) in [6.45, 7) is 2.70. The van der Waals surface area contributed by atoms with Gasteiger partial charge in [-0.2, -0.15) is 4.57 Å². The molecule has 0 unspecified atom stereocenters. The van der Waals surface area contributed by atoms with Crippen LogP contribution in [0.25, 0.3) is 0 Å². The van der Waals surface area contributed by atoms with Crippen molar-refractivity contribution < 1.29 is 14.1 Å². The third-order valence-corrected chi connectivity index (χ3v) is 1.48. The first-order valence-corrected chi connectivity index (χ1v) is 4.12. The van der Waals surface area contributed by atoms with Crippen molar-refractivity contribution in [1.82, 2.24) is 0 Å². The average Bonchev–Trinajstić information content (AvgIpc) is 2.04. The van der Waals surface area contributed by atoms with Crippen molar-refractivity contribution in [3.05, 3.63) is 24.5 Å². The summed E-state index contributed by atoms with van der Waals surface area (Å²) in [4.78, 5) is 10.6. The zero-order valence-corrected chi connectivity index (χ0v) is 10.3. The lowest BCUT2D eigenvalue weighted by Gasteiger charge is -2.00. The quantitative estimate of drug-likeness (QED) is 0.649. The van der Waals surface area contributed by atoms with E-state index in [1.165, 1.54) is 0 Å². The van der Waals surface area contributed by atoms with Crippen LogP contribution in [-0.4, -0.2) is 12.5 Å². The molecule has 0 aromatic carbocycles. The Morgan fingerprint density at radius 1 is 1.64 bits per heavy atom. The third-order valence-electron chi connectivity index (χ3n) is 1.48. The Bertz CT molecular complexity index is 305. The second kappa shape index (κ2) is 6.58. The van der Waals surface area contributed by atoms with E-state index >= 15 is 0 Å². The summed E-state index contributed by atoms with van der Waals surface area (Å²) in [7, 11) is 0. The van der Waals surface area contributed by atoms with Crippen molar-refractivity contribution in [2.45, 2.75) is 13.5 Å². The highest BCUT2D eigenvalue weighted by Gasteiger charge is 2.05. The molecule has 0 aliphatic heterocycles. The first kappa shape index (κ1) is 13.2. The molecule has 0 spiro atoms. The summed E-state index contributed by atoms with van der Waals surface area (Å²) in [6, 6.07) is 3.65. The van der Waals surface area contributed by atoms with E-state index in [4.69, 9.17) is 10.5 Å². The van der Waals surface area contributed by atoms with Crippen LogP contribution in [0, 0.1) is 0 Å². The van der Waals surface area contributed by atoms with Crippen molar-refractivity contribution in [2.75, 3.05) is 6.61 Å². The first-order valence-electron chi connectivity index (χ1n) is 4.12. The van der Waals surface area contributed by atoms with Crippen LogP contribution < -0.4 is 15.0 Å². The van der Waals surface area contributed by atoms with Crippen molar-refractivity contribution in [3.63, 3.8) is 0 Å². The van der Waals surface area contributed by atoms with Crippen molar-refractivity contribution in [2.24, 2.45) is 5.73 Å². The fourth-order valence-electron chi connectivity index (χ4n) is 1.03. The highest BCUT2D eigenvalue weighted by Crippen LogP contribution is 2.04. The lowest BCUT2D eigenvalue weighted by molar-refractivity contribution is -0.684. The van der Waals surface area contributed by atoms with E-state index in [0.29, 0.717) is 6.61 Å². The Balaban J connectivity index is 0.00000169. The van der Waals surface area contributed by atoms with Gasteiger partial charge in [0.05, 0.1) is 6.61 Å². The van der Waals surface area contributed by atoms with E-state index in [0.717, 1.165) is 5.75 Å². The summed E-state index contributed by atoms with van der Waals surface area (Å²) in [5.41, 5.74) is 5.05. The molecule has 4 nitrogen and oxygen atoms in total. The summed E-state index contributed by atoms with van der Waals surface area (Å²) in [5, 5.41) is 0. The van der Waals surface area contributed by atoms with Crippen molar-refractivity contribution in [1.29, 1.82) is 0 Å². The van der Waals surface area contributed by atoms with Gasteiger partial charge in [0.2, 0.25) is 12.7 Å². The number of amides is 1. The maximum Gasteiger partial charge on any atom is 0.283 e. The maximum absolute atomic E-state index is 10.6. The number of hydrogen-bond donors (Lipinski definition) is 1. The molecule has 1 aromatic heterocycles. The summed E-state index contributed by atoms with van der Waals surface area (Å²) in [5.74, 6) is 0.380. The lowest BCUT2D eigenvalue weighted by atomic mass is 10.4. The van der Waals surface area contributed by atoms with Crippen LogP contribution in [0.4, 0.5) is 0 Å². The number of pyridine rings is 1. The molecule has 0 radical (unpaired) electrons. The number of primary amides is 1. The number of ether oxygens (including phenoxy) is 1. The second-order valence-electron chi connectivity index (χ2n) is 2.61. The van der Waals surface area contributed by atoms with Crippen LogP contribution >= 0.6 is 24.0 Å². The largest absolute Gasteiger partial charge is 0.488 e. The zero-order chi connectivity index (χ0) is 9.68. The van der Waals surface area contributed by atoms with Gasteiger partial charge in [-0.15, -0.1) is 24.0 Å². The topological polar surface area (TPSA) is 56.2 Å². The van der Waals surface area contributed by atoms with Crippen LogP contribution in [0.2, 0.25) is 0 Å². The van der Waals surface area contributed by atoms with Gasteiger partial charge < -0.3 is 10.5 Å². The van der Waals surface area contributed by atoms with E-state index in [1.54, 1.807) is 17.0 Å². The number of rotatable bonds is 4. The third kappa shape index (κ3) is 4.40. The normalized spacial score (nSPS) is 8.93. The highest BCUT2D eigenvalue weighted by molar-refractivity contribution is 14.0. The molecular weight excluding hydrogens is 295 g/mol. The molecule has 78 valence electrons. The molecule has 0 fully saturated rings. The van der Waals surface area contributed by atoms with Crippen LogP contribution in [0.1, 0.15) is 6.92 Å². The zero-order valence-electron chi connectivity index (χ0n) is 7.97. The molecule has 0 saturated carbocycles. The van der Waals surface area contributed by atoms with Gasteiger partial charge in [0.1, 0.15) is 0 Å². The molecule has 0 bridgehead atoms. The lowest BCUT2D eigenvalue weighted by Crippen LogP contribution is -2.40. The van der Waals surface area contributed by atoms with Gasteiger partial charge in [-0.3, -0.25) is 4.79 Å². The Labute approximate surface area is 100 Å². The van der Waals surface area contributed by atoms with E-state index in [9.17, 15) is 4.79 Å². The van der Waals surface area contributed by atoms with Crippen molar-refractivity contribution in [3.8, 4) is 5.75 Å². The molecule has 0 aliphatic carbocycles. The van der Waals surface area contributed by atoms with Gasteiger partial charge in [0.25, 0.3) is 5.91 Å². The first-order chi connectivity index (χ1) is 6.22. The minimum atomic E-state index is -0.362. The Morgan fingerprint density at radius 3 is 2.93 bits per heavy atom. The molecule has 0 aliphatic rings. The van der Waals surface area contributed by atoms with E-state index < -0.39 is 0 Å². The summed E-state index contributed by atoms with van der Waals surface area (Å²) in [6.07, 6.45) is 3.52. The number of aromatic nitrogens is 1. The fraction of sp³-hybridized carbons (Fsp3) is 0.333. The Morgan fingerprint density at radius 2 is 2.36 bits per heavy atom. The minimum Gasteiger partial charge on any atom is -0.488 e. The molecule has 2 N–H and O–H groups in total. The molecule has 0 saturated heterocycles. The van der Waals surface area contributed by atoms with Crippen LogP contribution in [0.3, 0.4) is 0 Å². The summed E-state index contributed by atoms with van der Waals surface area (Å²) < 4.78 is 6.94. The SMILES string of the molecule is CCOc1ccc[n+](CC(N)=O)c1.I. The molecule has 1 amide bonds. The van der Waals surface area contributed by atoms with Gasteiger partial charge in [-0.05, 0) is 13.0 Å². The summed E-state index contributed by atoms with van der Waals surface area (Å²) >= 11 is 0. The maximum atomic E-state index is 10.6. The number of nitrogens with two attached hydrogens (primary N) is 1. The average molecular weight is 309 g/mol. The van der Waals surface area contributed by atoms with Crippen LogP contribution in [-0.2, 0) is 11.3 Å². The molecular formula is C9H14IN2O2+. The second-order valence-corrected chi connectivity index (χ2v) is 2.61. The monoisotopic (exact) mass is 309 g/mol. The van der Waals surface area contributed by atoms with Gasteiger partial charge >= 0.3 is 0 Å². The van der Waals surface area contributed by atoms with Gasteiger partial charge in [-0.1, -0.05) is 0 Å². The minimum absolute atomic E-state index is 0. The number of halogens is 1. The molecule has 0 atom stereocenters. The molecule has 1 aromatic rings. The van der Waals surface area contributed by atoms with Gasteiger partial charge in [-0.25, -0.2) is 0 Å². The number of hydrogen-bond acceptors (Lipinski definition) is 2. The molecule has 5 heteroatoms. The van der Waals surface area contributed by atoms with E-state index in [1.807, 2.05) is 19.1 Å². The number of carbonyl (C=O) groups is 1. The fourth-order valence-corrected chi connectivity index (χ4v) is 1.03. The van der Waals surface area contributed by atoms with Gasteiger partial charge in [0, 0.05) is 6.07 Å². The molecule has 1 rings (SSSR count). The molecule has 1 heterocycles. The Kier molecular flexibility index (Phi) is 6.18. The van der Waals surface area contributed by atoms with Crippen LogP contribution in [0.5, 0.6) is 5.75 Å². The van der Waals surface area contributed by atoms with Gasteiger partial charge in [0.15, 0.2) is 11.9 Å². The van der Waals surface area contributed by atoms with Crippen molar-refractivity contribution >= 4 is 29.9 Å². The predicted molar refractivity (Wildman–Crippen MR) is 62.4 cm³/mol. The standard InChI is InChI=1S/C9H12N2O2.HI/c1-2-13-8-4-3-5-11(6-8)7-9(10)12;/h3-6H,2,7H2,1H3,(H-,10,12);1H/p+1. The number of nitrogens with zero attached hydrogens (tertiary/aromatic N) is 1. The molecule has 14 heavy (non-hydrogen) atoms. The smallest absolute Gasteiger partial charge is 0.283 e. The highest BCUT2D eigenvalue weighted by atomic mass is 127.